The van der Waals surface area contributed by atoms with Gasteiger partial charge in [-0.3, -0.25) is 24.0 Å². The smallest absolute Gasteiger partial charge is 0.326 e. The van der Waals surface area contributed by atoms with Crippen LogP contribution in [0.15, 0.2) is 54.7 Å². The fourth-order valence-corrected chi connectivity index (χ4v) is 7.28. The Labute approximate surface area is 353 Å². The highest BCUT2D eigenvalue weighted by atomic mass is 32.2. The van der Waals surface area contributed by atoms with Crippen LogP contribution in [-0.2, 0) is 41.6 Å². The van der Waals surface area contributed by atoms with Gasteiger partial charge in [0, 0.05) is 23.5 Å². The number of phenols is 1. The van der Waals surface area contributed by atoms with Gasteiger partial charge in [-0.25, -0.2) is 4.79 Å². The molecule has 18 heteroatoms. The van der Waals surface area contributed by atoms with E-state index in [2.05, 4.69) is 31.6 Å². The van der Waals surface area contributed by atoms with Gasteiger partial charge >= 0.3 is 5.97 Å². The van der Waals surface area contributed by atoms with Crippen LogP contribution >= 0.6 is 23.5 Å². The summed E-state index contributed by atoms with van der Waals surface area (Å²) in [7, 11) is 0. The zero-order chi connectivity index (χ0) is 43.5. The number of thioether (sulfide) groups is 2. The van der Waals surface area contributed by atoms with Crippen molar-refractivity contribution in [3.63, 3.8) is 0 Å². The van der Waals surface area contributed by atoms with Gasteiger partial charge in [-0.05, 0) is 104 Å². The number of nitrogens with two attached hydrogens (primary N) is 2. The molecule has 0 aliphatic rings. The van der Waals surface area contributed by atoms with E-state index in [1.54, 1.807) is 32.2 Å². The third-order valence-corrected chi connectivity index (χ3v) is 11.0. The first-order chi connectivity index (χ1) is 28.2. The minimum atomic E-state index is -1.25. The second kappa shape index (κ2) is 25.0. The molecule has 0 saturated heterocycles. The van der Waals surface area contributed by atoms with Gasteiger partial charge in [-0.15, -0.1) is 0 Å². The Morgan fingerprint density at radius 1 is 0.695 bits per heavy atom. The van der Waals surface area contributed by atoms with Gasteiger partial charge in [-0.1, -0.05) is 44.2 Å². The molecule has 0 spiro atoms. The largest absolute Gasteiger partial charge is 0.508 e. The van der Waals surface area contributed by atoms with E-state index in [0.29, 0.717) is 36.5 Å². The number of aliphatic carboxylic acids is 1. The van der Waals surface area contributed by atoms with E-state index in [-0.39, 0.29) is 37.9 Å². The number of aromatic hydroxyl groups is 1. The number of fused-ring (bicyclic) bond motifs is 1. The molecule has 59 heavy (non-hydrogen) atoms. The van der Waals surface area contributed by atoms with Crippen LogP contribution < -0.4 is 38.1 Å². The average Bonchev–Trinajstić information content (AvgIpc) is 3.61. The number of carboxylic acids is 1. The highest BCUT2D eigenvalue weighted by Crippen LogP contribution is 2.19. The number of rotatable bonds is 26. The Balaban J connectivity index is 1.84. The summed E-state index contributed by atoms with van der Waals surface area (Å²) in [6.07, 6.45) is 7.26. The third kappa shape index (κ3) is 15.7. The van der Waals surface area contributed by atoms with Crippen molar-refractivity contribution >= 4 is 69.9 Å². The molecule has 0 aliphatic carbocycles. The molecule has 1 heterocycles. The Bertz CT molecular complexity index is 1840. The lowest BCUT2D eigenvalue weighted by Gasteiger charge is -2.28. The first kappa shape index (κ1) is 48.6. The molecule has 0 saturated carbocycles. The number of carboxylic acid groups (broad SMARTS) is 1. The Morgan fingerprint density at radius 3 is 1.88 bits per heavy atom. The Morgan fingerprint density at radius 2 is 1.25 bits per heavy atom. The highest BCUT2D eigenvalue weighted by Gasteiger charge is 2.34. The number of phenolic OH excluding ortho intramolecular Hbond substituents is 1. The van der Waals surface area contributed by atoms with E-state index < -0.39 is 77.7 Å². The van der Waals surface area contributed by atoms with E-state index in [9.17, 15) is 39.0 Å². The third-order valence-electron chi connectivity index (χ3n) is 9.76. The zero-order valence-electron chi connectivity index (χ0n) is 34.1. The highest BCUT2D eigenvalue weighted by molar-refractivity contribution is 7.98. The molecule has 2 aromatic carbocycles. The number of amides is 5. The van der Waals surface area contributed by atoms with E-state index in [1.165, 1.54) is 35.7 Å². The van der Waals surface area contributed by atoms with Gasteiger partial charge in [0.2, 0.25) is 29.5 Å². The number of nitrogens with one attached hydrogen (secondary N) is 6. The number of aromatic nitrogens is 1. The number of benzene rings is 2. The fourth-order valence-electron chi connectivity index (χ4n) is 6.34. The quantitative estimate of drug-likeness (QED) is 0.0518. The summed E-state index contributed by atoms with van der Waals surface area (Å²) in [5, 5.41) is 34.1. The van der Waals surface area contributed by atoms with E-state index in [0.717, 1.165) is 16.5 Å². The number of unbranched alkanes of at least 4 members (excludes halogenated alkanes) is 1. The molecule has 5 amide bonds. The second-order valence-corrected chi connectivity index (χ2v) is 16.7. The summed E-state index contributed by atoms with van der Waals surface area (Å²) in [5.74, 6) is -3.91. The maximum atomic E-state index is 14.2. The summed E-state index contributed by atoms with van der Waals surface area (Å²) < 4.78 is 0. The standard InChI is InChI=1S/C41H60N8O8S2/c1-24(2)35(40(55)47-33(41(56)57)17-20-59-4)49-38(53)32(16-19-58-3)46-39(54)34(21-25-12-14-27(50)15-13-25)48-37(52)31(11-7-8-18-42)45-36(51)29(43)22-26-23-44-30-10-6-5-9-28(26)30/h5-6,9-10,12-15,23-24,29,31-35,44,50H,7-8,11,16-22,42-43H2,1-4H3,(H,45,51)(H,46,54)(H,47,55)(H,48,52)(H,49,53)(H,56,57)/t29?,31?,32?,33-,34?,35?/m1/s1. The SMILES string of the molecule is CSCCC(NC(=O)C(Cc1ccc(O)cc1)NC(=O)C(CCCCN)NC(=O)C(N)Cc1c[nH]c2ccccc12)C(=O)NC(C(=O)N[C@H](CCSC)C(=O)O)C(C)C. The maximum absolute atomic E-state index is 14.2. The normalized spacial score (nSPS) is 14.4. The Hall–Kier alpha value is -4.78. The first-order valence-electron chi connectivity index (χ1n) is 19.7. The molecule has 0 fully saturated rings. The van der Waals surface area contributed by atoms with Crippen LogP contribution in [0.1, 0.15) is 57.1 Å². The van der Waals surface area contributed by atoms with Crippen LogP contribution in [0.5, 0.6) is 5.75 Å². The molecule has 0 aliphatic heterocycles. The summed E-state index contributed by atoms with van der Waals surface area (Å²) in [5.41, 5.74) is 14.4. The number of aromatic amines is 1. The molecule has 1 aromatic heterocycles. The van der Waals surface area contributed by atoms with E-state index >= 15 is 0 Å². The van der Waals surface area contributed by atoms with Crippen molar-refractivity contribution in [2.45, 2.75) is 95.0 Å². The lowest BCUT2D eigenvalue weighted by molar-refractivity contribution is -0.142. The number of carbonyl (C=O) groups excluding carboxylic acids is 5. The minimum Gasteiger partial charge on any atom is -0.508 e. The molecular formula is C41H60N8O8S2. The number of hydrogen-bond donors (Lipinski definition) is 10. The number of H-pyrrole nitrogens is 1. The summed E-state index contributed by atoms with van der Waals surface area (Å²) in [6.45, 7) is 3.78. The molecule has 0 bridgehead atoms. The van der Waals surface area contributed by atoms with Crippen molar-refractivity contribution in [2.75, 3.05) is 30.6 Å². The minimum absolute atomic E-state index is 0.00177. The van der Waals surface area contributed by atoms with Crippen molar-refractivity contribution in [1.82, 2.24) is 31.6 Å². The summed E-state index contributed by atoms with van der Waals surface area (Å²) in [4.78, 5) is 83.9. The monoisotopic (exact) mass is 856 g/mol. The molecule has 3 aromatic rings. The van der Waals surface area contributed by atoms with Crippen LogP contribution in [0.2, 0.25) is 0 Å². The molecule has 0 radical (unpaired) electrons. The molecule has 6 atom stereocenters. The molecule has 12 N–H and O–H groups in total. The van der Waals surface area contributed by atoms with Gasteiger partial charge < -0.3 is 53.2 Å². The van der Waals surface area contributed by atoms with Crippen LogP contribution in [0.3, 0.4) is 0 Å². The van der Waals surface area contributed by atoms with E-state index in [1.807, 2.05) is 36.8 Å². The van der Waals surface area contributed by atoms with Gasteiger partial charge in [-0.2, -0.15) is 23.5 Å². The lowest BCUT2D eigenvalue weighted by atomic mass is 10.0. The first-order valence-corrected chi connectivity index (χ1v) is 22.5. The number of para-hydroxylation sites is 1. The topological polar surface area (TPSA) is 271 Å². The average molecular weight is 857 g/mol. The molecule has 5 unspecified atom stereocenters. The second-order valence-electron chi connectivity index (χ2n) is 14.7. The predicted octanol–water partition coefficient (Wildman–Crippen LogP) is 1.79. The zero-order valence-corrected chi connectivity index (χ0v) is 35.8. The van der Waals surface area contributed by atoms with Crippen molar-refractivity contribution in [3.05, 3.63) is 65.9 Å². The molecular weight excluding hydrogens is 797 g/mol. The lowest BCUT2D eigenvalue weighted by Crippen LogP contribution is -2.60. The van der Waals surface area contributed by atoms with Crippen LogP contribution in [0, 0.1) is 5.92 Å². The Kier molecular flexibility index (Phi) is 20.6. The van der Waals surface area contributed by atoms with Gasteiger partial charge in [0.25, 0.3) is 0 Å². The van der Waals surface area contributed by atoms with Crippen LogP contribution in [0.25, 0.3) is 10.9 Å². The fraction of sp³-hybridized carbons (Fsp3) is 0.512. The number of hydrogen-bond acceptors (Lipinski definition) is 11. The van der Waals surface area contributed by atoms with Gasteiger partial charge in [0.15, 0.2) is 0 Å². The van der Waals surface area contributed by atoms with Gasteiger partial charge in [0.1, 0.15) is 36.0 Å². The van der Waals surface area contributed by atoms with Crippen molar-refractivity contribution in [2.24, 2.45) is 17.4 Å². The van der Waals surface area contributed by atoms with E-state index in [4.69, 9.17) is 11.5 Å². The van der Waals surface area contributed by atoms with Crippen molar-refractivity contribution in [1.29, 1.82) is 0 Å². The summed E-state index contributed by atoms with van der Waals surface area (Å²) in [6, 6.07) is 6.98. The molecule has 324 valence electrons. The predicted molar refractivity (Wildman–Crippen MR) is 233 cm³/mol. The van der Waals surface area contributed by atoms with Crippen LogP contribution in [0.4, 0.5) is 0 Å². The summed E-state index contributed by atoms with van der Waals surface area (Å²) >= 11 is 2.88. The number of carbonyl (C=O) groups is 6. The maximum Gasteiger partial charge on any atom is 0.326 e. The van der Waals surface area contributed by atoms with Crippen molar-refractivity contribution < 1.29 is 39.0 Å². The van der Waals surface area contributed by atoms with Crippen molar-refractivity contribution in [3.8, 4) is 5.75 Å². The van der Waals surface area contributed by atoms with Gasteiger partial charge in [0.05, 0.1) is 6.04 Å². The van der Waals surface area contributed by atoms with Crippen LogP contribution in [-0.4, -0.2) is 118 Å². The molecule has 3 rings (SSSR count). The molecule has 16 nitrogen and oxygen atoms in total.